The summed E-state index contributed by atoms with van der Waals surface area (Å²) >= 11 is 0. The Morgan fingerprint density at radius 1 is 0.807 bits per heavy atom. The molecule has 0 saturated heterocycles. The Bertz CT molecular complexity index is 2160. The zero-order valence-corrected chi connectivity index (χ0v) is 31.3. The van der Waals surface area contributed by atoms with Gasteiger partial charge in [0.25, 0.3) is 0 Å². The van der Waals surface area contributed by atoms with Crippen LogP contribution in [0.3, 0.4) is 0 Å². The molecule has 1 atom stereocenters. The third-order valence-electron chi connectivity index (χ3n) is 10.0. The lowest BCUT2D eigenvalue weighted by Crippen LogP contribution is -2.48. The van der Waals surface area contributed by atoms with E-state index in [1.165, 1.54) is 4.90 Å². The van der Waals surface area contributed by atoms with Crippen molar-refractivity contribution in [1.29, 1.82) is 0 Å². The van der Waals surface area contributed by atoms with Gasteiger partial charge in [-0.3, -0.25) is 9.59 Å². The molecule has 1 aliphatic carbocycles. The van der Waals surface area contributed by atoms with Crippen LogP contribution in [-0.4, -0.2) is 90.1 Å². The first-order chi connectivity index (χ1) is 27.8. The van der Waals surface area contributed by atoms with Crippen molar-refractivity contribution < 1.29 is 34.1 Å². The minimum absolute atomic E-state index is 0.0480. The predicted octanol–water partition coefficient (Wildman–Crippen LogP) is 6.25. The van der Waals surface area contributed by atoms with Gasteiger partial charge in [0.15, 0.2) is 0 Å². The zero-order chi connectivity index (χ0) is 39.7. The Morgan fingerprint density at radius 2 is 1.39 bits per heavy atom. The van der Waals surface area contributed by atoms with Crippen molar-refractivity contribution in [2.45, 2.75) is 18.3 Å². The number of benzene rings is 5. The average molecular weight is 766 g/mol. The summed E-state index contributed by atoms with van der Waals surface area (Å²) in [6, 6.07) is 43.1. The number of carboxylic acid groups (broad SMARTS) is 1. The number of aliphatic hydroxyl groups excluding tert-OH is 1. The van der Waals surface area contributed by atoms with Gasteiger partial charge in [-0.15, -0.1) is 0 Å². The summed E-state index contributed by atoms with van der Waals surface area (Å²) < 4.78 is 11.0. The van der Waals surface area contributed by atoms with E-state index in [4.69, 9.17) is 9.47 Å². The van der Waals surface area contributed by atoms with E-state index >= 15 is 0 Å². The fourth-order valence-electron chi connectivity index (χ4n) is 7.32. The van der Waals surface area contributed by atoms with Gasteiger partial charge < -0.3 is 39.7 Å². The Hall–Kier alpha value is -6.92. The average Bonchev–Trinajstić information content (AvgIpc) is 3.56. The first-order valence-corrected chi connectivity index (χ1v) is 18.6. The molecule has 5 aromatic carbocycles. The third kappa shape index (κ3) is 8.82. The number of ether oxygens (including phenoxy) is 2. The quantitative estimate of drug-likeness (QED) is 0.120. The number of fused-ring (bicyclic) bond motifs is 3. The van der Waals surface area contributed by atoms with E-state index in [1.54, 1.807) is 19.4 Å². The second kappa shape index (κ2) is 17.7. The first-order valence-electron chi connectivity index (χ1n) is 18.6. The number of aliphatic hydroxyl groups is 1. The van der Waals surface area contributed by atoms with Gasteiger partial charge in [-0.05, 0) is 63.7 Å². The van der Waals surface area contributed by atoms with Crippen LogP contribution < -0.4 is 15.0 Å². The fourth-order valence-corrected chi connectivity index (χ4v) is 7.32. The number of nitrogens with zero attached hydrogens (tertiary/aromatic N) is 4. The molecule has 290 valence electrons. The summed E-state index contributed by atoms with van der Waals surface area (Å²) in [4.78, 5) is 47.2. The monoisotopic (exact) mass is 765 g/mol. The van der Waals surface area contributed by atoms with Crippen molar-refractivity contribution in [3.05, 3.63) is 168 Å². The van der Waals surface area contributed by atoms with Gasteiger partial charge in [0.2, 0.25) is 12.3 Å². The molecular weight excluding hydrogens is 723 g/mol. The molecule has 12 nitrogen and oxygen atoms in total. The lowest BCUT2D eigenvalue weighted by molar-refractivity contribution is -0.145. The second-order valence-corrected chi connectivity index (χ2v) is 13.6. The minimum atomic E-state index is -1.47. The van der Waals surface area contributed by atoms with E-state index in [-0.39, 0.29) is 38.2 Å². The van der Waals surface area contributed by atoms with Crippen LogP contribution in [0.25, 0.3) is 11.1 Å². The third-order valence-corrected chi connectivity index (χ3v) is 10.0. The van der Waals surface area contributed by atoms with E-state index in [9.17, 15) is 24.6 Å². The van der Waals surface area contributed by atoms with Crippen molar-refractivity contribution in [3.63, 3.8) is 0 Å². The molecule has 0 aromatic heterocycles. The summed E-state index contributed by atoms with van der Waals surface area (Å²) in [7, 11) is 1.60. The maximum Gasteiger partial charge on any atom is 0.407 e. The molecule has 1 heterocycles. The molecule has 57 heavy (non-hydrogen) atoms. The van der Waals surface area contributed by atoms with Crippen LogP contribution in [0.4, 0.5) is 10.5 Å². The van der Waals surface area contributed by atoms with Crippen LogP contribution in [-0.2, 0) is 14.3 Å². The van der Waals surface area contributed by atoms with E-state index in [2.05, 4.69) is 22.4 Å². The number of methoxy groups -OCH3 is 1. The van der Waals surface area contributed by atoms with Crippen molar-refractivity contribution in [3.8, 4) is 16.9 Å². The van der Waals surface area contributed by atoms with Gasteiger partial charge in [0.05, 0.1) is 13.2 Å². The maximum absolute atomic E-state index is 13.5. The minimum Gasteiger partial charge on any atom is -0.497 e. The maximum atomic E-state index is 13.5. The largest absolute Gasteiger partial charge is 0.497 e. The molecule has 2 aliphatic rings. The molecule has 5 aromatic rings. The summed E-state index contributed by atoms with van der Waals surface area (Å²) in [5, 5.41) is 23.6. The van der Waals surface area contributed by atoms with Gasteiger partial charge in [0, 0.05) is 30.9 Å². The topological polar surface area (TPSA) is 144 Å². The highest BCUT2D eigenvalue weighted by Gasteiger charge is 2.31. The zero-order valence-electron chi connectivity index (χ0n) is 31.3. The summed E-state index contributed by atoms with van der Waals surface area (Å²) in [5.41, 5.74) is 7.13. The van der Waals surface area contributed by atoms with Crippen LogP contribution in [0.15, 0.2) is 151 Å². The Balaban J connectivity index is 1.01. The van der Waals surface area contributed by atoms with Crippen LogP contribution in [0.2, 0.25) is 0 Å². The molecule has 1 aliphatic heterocycles. The van der Waals surface area contributed by atoms with E-state index in [1.807, 2.05) is 126 Å². The normalized spacial score (nSPS) is 14.3. The van der Waals surface area contributed by atoms with Crippen LogP contribution in [0.1, 0.15) is 34.2 Å². The lowest BCUT2D eigenvalue weighted by Gasteiger charge is -2.37. The Morgan fingerprint density at radius 3 is 1.95 bits per heavy atom. The van der Waals surface area contributed by atoms with Gasteiger partial charge in [0.1, 0.15) is 31.3 Å². The molecule has 2 amide bonds. The van der Waals surface area contributed by atoms with Gasteiger partial charge in [-0.1, -0.05) is 109 Å². The Labute approximate surface area is 330 Å². The molecule has 0 fully saturated rings. The number of aliphatic imine (C=N–C) groups is 1. The summed E-state index contributed by atoms with van der Waals surface area (Å²) in [6.45, 7) is -0.997. The number of carbonyl (C=O) groups is 3. The molecule has 7 rings (SSSR count). The molecule has 0 spiro atoms. The van der Waals surface area contributed by atoms with Crippen molar-refractivity contribution in [2.24, 2.45) is 4.99 Å². The highest BCUT2D eigenvalue weighted by atomic mass is 16.5. The van der Waals surface area contributed by atoms with E-state index in [0.717, 1.165) is 44.0 Å². The van der Waals surface area contributed by atoms with Crippen molar-refractivity contribution in [2.75, 3.05) is 44.8 Å². The van der Waals surface area contributed by atoms with Crippen LogP contribution in [0, 0.1) is 0 Å². The van der Waals surface area contributed by atoms with Crippen LogP contribution in [0.5, 0.6) is 5.75 Å². The Kier molecular flexibility index (Phi) is 11.9. The molecule has 0 bridgehead atoms. The highest BCUT2D eigenvalue weighted by Crippen LogP contribution is 2.44. The van der Waals surface area contributed by atoms with Crippen LogP contribution >= 0.6 is 0 Å². The molecule has 0 saturated carbocycles. The number of anilines is 1. The summed E-state index contributed by atoms with van der Waals surface area (Å²) in [5.74, 6) is -0.801. The molecule has 0 radical (unpaired) electrons. The molecular formula is C45H43N5O7. The van der Waals surface area contributed by atoms with E-state index in [0.29, 0.717) is 11.6 Å². The SMILES string of the molecule is COc1ccc(N(C2=NC(O)N(CC(=O)N(CCNC(=O)OCC3c4ccccc4-c4ccccc43)CC(=O)O)C=C2)C(c2ccccc2)c2ccccc2)cc1. The number of hydrogen-bond acceptors (Lipinski definition) is 9. The first kappa shape index (κ1) is 38.4. The number of carbonyl (C=O) groups excluding carboxylic acids is 2. The molecule has 1 unspecified atom stereocenters. The number of amidine groups is 1. The predicted molar refractivity (Wildman–Crippen MR) is 217 cm³/mol. The highest BCUT2D eigenvalue weighted by molar-refractivity contribution is 6.07. The lowest BCUT2D eigenvalue weighted by atomic mass is 9.96. The smallest absolute Gasteiger partial charge is 0.407 e. The van der Waals surface area contributed by atoms with Gasteiger partial charge in [-0.2, -0.15) is 0 Å². The van der Waals surface area contributed by atoms with Gasteiger partial charge >= 0.3 is 12.1 Å². The number of amides is 2. The number of hydrogen-bond donors (Lipinski definition) is 3. The number of nitrogens with one attached hydrogen (secondary N) is 1. The molecule has 12 heteroatoms. The fraction of sp³-hybridized carbons (Fsp3) is 0.200. The second-order valence-electron chi connectivity index (χ2n) is 13.6. The number of aliphatic carboxylic acids is 1. The van der Waals surface area contributed by atoms with Gasteiger partial charge in [-0.25, -0.2) is 9.79 Å². The summed E-state index contributed by atoms with van der Waals surface area (Å²) in [6.07, 6.45) is 1.14. The molecule has 3 N–H and O–H groups in total. The van der Waals surface area contributed by atoms with E-state index < -0.39 is 30.9 Å². The van der Waals surface area contributed by atoms with Crippen molar-refractivity contribution in [1.82, 2.24) is 15.1 Å². The number of carboxylic acids is 1. The standard InChI is InChI=1S/C45H43N5O7/c1-56-34-22-20-33(21-23-34)50(43(31-12-4-2-5-13-31)32-14-6-3-7-15-32)40-24-26-49(44(54)47-40)28-41(51)48(29-42(52)53)27-25-46-45(55)57-30-39-37-18-10-8-16-35(37)36-17-9-11-19-38(36)39/h2-24,26,39,43-44,54H,25,27-30H2,1H3,(H,46,55)(H,52,53). The van der Waals surface area contributed by atoms with Crippen molar-refractivity contribution >= 4 is 29.5 Å². The number of alkyl carbamates (subject to hydrolysis) is 1. The number of rotatable bonds is 14.